The third kappa shape index (κ3) is 3.81. The molecular weight excluding hydrogens is 400 g/mol. The van der Waals surface area contributed by atoms with Crippen molar-refractivity contribution >= 4 is 26.4 Å². The first-order valence-corrected chi connectivity index (χ1v) is 11.6. The molecule has 7 heteroatoms. The highest BCUT2D eigenvalue weighted by molar-refractivity contribution is 7.91. The molecule has 0 unspecified atom stereocenters. The molecule has 3 aromatic rings. The van der Waals surface area contributed by atoms with Gasteiger partial charge in [0.05, 0.1) is 30.3 Å². The van der Waals surface area contributed by atoms with Crippen LogP contribution in [0.2, 0.25) is 0 Å². The van der Waals surface area contributed by atoms with Gasteiger partial charge in [0.1, 0.15) is 16.4 Å². The van der Waals surface area contributed by atoms with Crippen LogP contribution >= 0.6 is 0 Å². The second kappa shape index (κ2) is 8.52. The maximum absolute atomic E-state index is 13.6. The smallest absolute Gasteiger partial charge is 0.210 e. The Labute approximate surface area is 177 Å². The number of hydrogen-bond acceptors (Lipinski definition) is 6. The first kappa shape index (κ1) is 20.5. The van der Waals surface area contributed by atoms with Crippen LogP contribution in [0.1, 0.15) is 25.7 Å². The summed E-state index contributed by atoms with van der Waals surface area (Å²) in [5, 5.41) is 0.797. The molecule has 0 N–H and O–H groups in total. The Morgan fingerprint density at radius 3 is 2.13 bits per heavy atom. The van der Waals surface area contributed by atoms with E-state index in [1.807, 2.05) is 18.2 Å². The highest BCUT2D eigenvalue weighted by Gasteiger charge is 2.27. The van der Waals surface area contributed by atoms with E-state index < -0.39 is 9.84 Å². The number of sulfone groups is 1. The molecule has 6 nitrogen and oxygen atoms in total. The van der Waals surface area contributed by atoms with Gasteiger partial charge >= 0.3 is 0 Å². The molecule has 0 saturated carbocycles. The van der Waals surface area contributed by atoms with Crippen molar-refractivity contribution in [2.24, 2.45) is 0 Å². The SMILES string of the molecule is COc1ccc(S(=O)(=O)c2cnc3ccc(OC)cc3c2N2CCCCCC2)cc1. The largest absolute Gasteiger partial charge is 0.497 e. The summed E-state index contributed by atoms with van der Waals surface area (Å²) in [4.78, 5) is 7.13. The quantitative estimate of drug-likeness (QED) is 0.600. The van der Waals surface area contributed by atoms with Crippen molar-refractivity contribution in [1.29, 1.82) is 0 Å². The van der Waals surface area contributed by atoms with E-state index in [4.69, 9.17) is 9.47 Å². The van der Waals surface area contributed by atoms with E-state index in [1.165, 1.54) is 6.20 Å². The summed E-state index contributed by atoms with van der Waals surface area (Å²) in [5.41, 5.74) is 1.47. The van der Waals surface area contributed by atoms with Crippen LogP contribution in [0.5, 0.6) is 11.5 Å². The highest BCUT2D eigenvalue weighted by atomic mass is 32.2. The molecule has 30 heavy (non-hydrogen) atoms. The average Bonchev–Trinajstić information content (AvgIpc) is 3.07. The predicted octanol–water partition coefficient (Wildman–Crippen LogP) is 4.47. The zero-order valence-electron chi connectivity index (χ0n) is 17.3. The fourth-order valence-corrected chi connectivity index (χ4v) is 5.40. The monoisotopic (exact) mass is 426 g/mol. The van der Waals surface area contributed by atoms with E-state index in [0.717, 1.165) is 55.4 Å². The number of methoxy groups -OCH3 is 2. The van der Waals surface area contributed by atoms with E-state index >= 15 is 0 Å². The standard InChI is InChI=1S/C23H26N2O4S/c1-28-17-7-10-19(11-8-17)30(26,27)22-16-24-21-12-9-18(29-2)15-20(21)23(22)25-13-5-3-4-6-14-25/h7-12,15-16H,3-6,13-14H2,1-2H3. The van der Waals surface area contributed by atoms with Crippen LogP contribution < -0.4 is 14.4 Å². The Morgan fingerprint density at radius 2 is 1.50 bits per heavy atom. The van der Waals surface area contributed by atoms with Crippen molar-refractivity contribution in [1.82, 2.24) is 4.98 Å². The summed E-state index contributed by atoms with van der Waals surface area (Å²) < 4.78 is 37.9. The lowest BCUT2D eigenvalue weighted by atomic mass is 10.1. The second-order valence-electron chi connectivity index (χ2n) is 7.43. The first-order chi connectivity index (χ1) is 14.5. The second-order valence-corrected chi connectivity index (χ2v) is 9.35. The average molecular weight is 427 g/mol. The normalized spacial score (nSPS) is 15.1. The number of aromatic nitrogens is 1. The molecular formula is C23H26N2O4S. The summed E-state index contributed by atoms with van der Waals surface area (Å²) in [6.45, 7) is 1.64. The van der Waals surface area contributed by atoms with E-state index in [-0.39, 0.29) is 9.79 Å². The van der Waals surface area contributed by atoms with Crippen molar-refractivity contribution in [2.45, 2.75) is 35.5 Å². The number of benzene rings is 2. The van der Waals surface area contributed by atoms with Crippen LogP contribution in [0, 0.1) is 0 Å². The van der Waals surface area contributed by atoms with Gasteiger partial charge in [0, 0.05) is 24.7 Å². The lowest BCUT2D eigenvalue weighted by molar-refractivity contribution is 0.414. The summed E-state index contributed by atoms with van der Waals surface area (Å²) in [6, 6.07) is 12.1. The summed E-state index contributed by atoms with van der Waals surface area (Å²) in [7, 11) is -0.601. The molecule has 2 heterocycles. The third-order valence-corrected chi connectivity index (χ3v) is 7.37. The maximum Gasteiger partial charge on any atom is 0.210 e. The predicted molar refractivity (Wildman–Crippen MR) is 117 cm³/mol. The van der Waals surface area contributed by atoms with Crippen molar-refractivity contribution in [2.75, 3.05) is 32.2 Å². The lowest BCUT2D eigenvalue weighted by Crippen LogP contribution is -2.26. The van der Waals surface area contributed by atoms with Crippen LogP contribution in [0.4, 0.5) is 5.69 Å². The van der Waals surface area contributed by atoms with Crippen LogP contribution in [0.15, 0.2) is 58.5 Å². The van der Waals surface area contributed by atoms with E-state index in [2.05, 4.69) is 9.88 Å². The van der Waals surface area contributed by atoms with E-state index in [9.17, 15) is 8.42 Å². The molecule has 0 radical (unpaired) electrons. The van der Waals surface area contributed by atoms with Crippen molar-refractivity contribution in [3.8, 4) is 11.5 Å². The molecule has 2 aromatic carbocycles. The van der Waals surface area contributed by atoms with Gasteiger partial charge in [0.2, 0.25) is 9.84 Å². The summed E-state index contributed by atoms with van der Waals surface area (Å²) in [6.07, 6.45) is 5.88. The van der Waals surface area contributed by atoms with Gasteiger partial charge < -0.3 is 14.4 Å². The number of anilines is 1. The van der Waals surface area contributed by atoms with Crippen molar-refractivity contribution in [3.63, 3.8) is 0 Å². The fourth-order valence-electron chi connectivity index (χ4n) is 3.97. The van der Waals surface area contributed by atoms with Crippen LogP contribution in [0.3, 0.4) is 0 Å². The Hall–Kier alpha value is -2.80. The summed E-state index contributed by atoms with van der Waals surface area (Å²) >= 11 is 0. The number of nitrogens with zero attached hydrogens (tertiary/aromatic N) is 2. The minimum Gasteiger partial charge on any atom is -0.497 e. The van der Waals surface area contributed by atoms with Gasteiger partial charge in [-0.2, -0.15) is 0 Å². The number of hydrogen-bond donors (Lipinski definition) is 0. The molecule has 1 fully saturated rings. The first-order valence-electron chi connectivity index (χ1n) is 10.2. The van der Waals surface area contributed by atoms with Gasteiger partial charge in [0.15, 0.2) is 0 Å². The van der Waals surface area contributed by atoms with Gasteiger partial charge in [-0.15, -0.1) is 0 Å². The zero-order chi connectivity index (χ0) is 21.1. The molecule has 1 aliphatic rings. The molecule has 158 valence electrons. The van der Waals surface area contributed by atoms with Crippen molar-refractivity contribution in [3.05, 3.63) is 48.7 Å². The zero-order valence-corrected chi connectivity index (χ0v) is 18.1. The number of pyridine rings is 1. The maximum atomic E-state index is 13.6. The van der Waals surface area contributed by atoms with E-state index in [1.54, 1.807) is 38.5 Å². The molecule has 0 aliphatic carbocycles. The van der Waals surface area contributed by atoms with Crippen LogP contribution in [0.25, 0.3) is 10.9 Å². The van der Waals surface area contributed by atoms with Gasteiger partial charge in [-0.3, -0.25) is 4.98 Å². The molecule has 4 rings (SSSR count). The number of ether oxygens (including phenoxy) is 2. The van der Waals surface area contributed by atoms with Gasteiger partial charge in [-0.25, -0.2) is 8.42 Å². The summed E-state index contributed by atoms with van der Waals surface area (Å²) in [5.74, 6) is 1.29. The van der Waals surface area contributed by atoms with Crippen LogP contribution in [-0.2, 0) is 9.84 Å². The van der Waals surface area contributed by atoms with E-state index in [0.29, 0.717) is 11.5 Å². The Kier molecular flexibility index (Phi) is 5.81. The van der Waals surface area contributed by atoms with Gasteiger partial charge in [0.25, 0.3) is 0 Å². The molecule has 1 aromatic heterocycles. The van der Waals surface area contributed by atoms with Gasteiger partial charge in [-0.05, 0) is 55.3 Å². The Balaban J connectivity index is 1.94. The third-order valence-electron chi connectivity index (χ3n) is 5.59. The Bertz CT molecular complexity index is 1140. The van der Waals surface area contributed by atoms with Crippen LogP contribution in [-0.4, -0.2) is 40.7 Å². The number of rotatable bonds is 5. The van der Waals surface area contributed by atoms with Gasteiger partial charge in [-0.1, -0.05) is 12.8 Å². The number of fused-ring (bicyclic) bond motifs is 1. The topological polar surface area (TPSA) is 68.7 Å². The molecule has 0 amide bonds. The molecule has 0 bridgehead atoms. The molecule has 1 aliphatic heterocycles. The molecule has 0 atom stereocenters. The Morgan fingerprint density at radius 1 is 0.867 bits per heavy atom. The minimum absolute atomic E-state index is 0.225. The lowest BCUT2D eigenvalue weighted by Gasteiger charge is -2.27. The minimum atomic E-state index is -3.77. The molecule has 1 saturated heterocycles. The highest BCUT2D eigenvalue weighted by Crippen LogP contribution is 2.38. The van der Waals surface area contributed by atoms with Crippen molar-refractivity contribution < 1.29 is 17.9 Å². The fraction of sp³-hybridized carbons (Fsp3) is 0.348. The molecule has 0 spiro atoms.